The third-order valence-electron chi connectivity index (χ3n) is 3.67. The number of benzene rings is 1. The number of amides is 1. The molecular formula is C14H16BrFN2O3. The van der Waals surface area contributed by atoms with Gasteiger partial charge in [-0.25, -0.2) is 4.39 Å². The van der Waals surface area contributed by atoms with Crippen LogP contribution >= 0.6 is 15.9 Å². The van der Waals surface area contributed by atoms with Crippen molar-refractivity contribution in [2.75, 3.05) is 11.9 Å². The lowest BCUT2D eigenvalue weighted by Gasteiger charge is -2.35. The van der Waals surface area contributed by atoms with E-state index in [1.807, 2.05) is 0 Å². The Bertz CT molecular complexity index is 551. The maximum atomic E-state index is 13.5. The van der Waals surface area contributed by atoms with Crippen LogP contribution < -0.4 is 0 Å². The van der Waals surface area contributed by atoms with Crippen molar-refractivity contribution in [3.8, 4) is 0 Å². The van der Waals surface area contributed by atoms with Crippen molar-refractivity contribution in [3.63, 3.8) is 0 Å². The first kappa shape index (κ1) is 15.9. The molecule has 0 radical (unpaired) electrons. The molecule has 0 spiro atoms. The lowest BCUT2D eigenvalue weighted by Crippen LogP contribution is -2.44. The van der Waals surface area contributed by atoms with Crippen LogP contribution in [-0.2, 0) is 0 Å². The summed E-state index contributed by atoms with van der Waals surface area (Å²) in [6.07, 6.45) is 3.70. The maximum Gasteiger partial charge on any atom is 0.273 e. The highest BCUT2D eigenvalue weighted by Crippen LogP contribution is 2.24. The number of likely N-dealkylation sites (tertiary alicyclic amines) is 1. The van der Waals surface area contributed by atoms with Gasteiger partial charge in [-0.1, -0.05) is 15.9 Å². The molecule has 1 fully saturated rings. The number of nitrogens with zero attached hydrogens (tertiary/aromatic N) is 2. The Morgan fingerprint density at radius 3 is 2.86 bits per heavy atom. The molecule has 7 heteroatoms. The molecule has 0 saturated carbocycles. The van der Waals surface area contributed by atoms with E-state index >= 15 is 0 Å². The van der Waals surface area contributed by atoms with Crippen LogP contribution in [-0.4, -0.2) is 33.6 Å². The summed E-state index contributed by atoms with van der Waals surface area (Å²) in [4.78, 5) is 24.3. The predicted octanol–water partition coefficient (Wildman–Crippen LogP) is 3.51. The second kappa shape index (κ2) is 6.98. The van der Waals surface area contributed by atoms with Gasteiger partial charge in [-0.15, -0.1) is 0 Å². The Kier molecular flexibility index (Phi) is 5.27. The highest BCUT2D eigenvalue weighted by molar-refractivity contribution is 9.09. The predicted molar refractivity (Wildman–Crippen MR) is 80.1 cm³/mol. The van der Waals surface area contributed by atoms with Crippen molar-refractivity contribution in [3.05, 3.63) is 39.7 Å². The number of piperidine rings is 1. The quantitative estimate of drug-likeness (QED) is 0.470. The molecule has 1 heterocycles. The van der Waals surface area contributed by atoms with Gasteiger partial charge < -0.3 is 4.90 Å². The van der Waals surface area contributed by atoms with Gasteiger partial charge in [0.25, 0.3) is 11.6 Å². The minimum absolute atomic E-state index is 0.0446. The smallest absolute Gasteiger partial charge is 0.273 e. The Morgan fingerprint density at radius 1 is 1.43 bits per heavy atom. The van der Waals surface area contributed by atoms with E-state index < -0.39 is 16.4 Å². The van der Waals surface area contributed by atoms with E-state index in [-0.39, 0.29) is 17.5 Å². The molecule has 1 aliphatic rings. The maximum absolute atomic E-state index is 13.5. The molecule has 1 atom stereocenters. The lowest BCUT2D eigenvalue weighted by atomic mass is 9.98. The van der Waals surface area contributed by atoms with E-state index in [0.29, 0.717) is 6.54 Å². The van der Waals surface area contributed by atoms with Crippen molar-refractivity contribution < 1.29 is 14.1 Å². The average Bonchev–Trinajstić information content (AvgIpc) is 2.47. The summed E-state index contributed by atoms with van der Waals surface area (Å²) in [5.74, 6) is -1.09. The SMILES string of the molecule is O=C(c1cc(F)cc([N+](=O)[O-])c1)N1CCCCC1CCBr. The fraction of sp³-hybridized carbons (Fsp3) is 0.500. The minimum atomic E-state index is -0.762. The van der Waals surface area contributed by atoms with Gasteiger partial charge in [-0.3, -0.25) is 14.9 Å². The number of hydrogen-bond acceptors (Lipinski definition) is 3. The highest BCUT2D eigenvalue weighted by atomic mass is 79.9. The molecule has 1 saturated heterocycles. The van der Waals surface area contributed by atoms with E-state index in [2.05, 4.69) is 15.9 Å². The van der Waals surface area contributed by atoms with E-state index in [0.717, 1.165) is 49.2 Å². The molecule has 2 rings (SSSR count). The zero-order valence-electron chi connectivity index (χ0n) is 11.4. The van der Waals surface area contributed by atoms with Gasteiger partial charge in [0.2, 0.25) is 0 Å². The minimum Gasteiger partial charge on any atom is -0.336 e. The molecule has 1 aromatic carbocycles. The molecule has 0 aromatic heterocycles. The zero-order valence-corrected chi connectivity index (χ0v) is 13.0. The number of carbonyl (C=O) groups excluding carboxylic acids is 1. The van der Waals surface area contributed by atoms with Crippen molar-refractivity contribution in [2.24, 2.45) is 0 Å². The van der Waals surface area contributed by atoms with Crippen LogP contribution in [0.5, 0.6) is 0 Å². The Balaban J connectivity index is 2.27. The first-order valence-corrected chi connectivity index (χ1v) is 7.97. The van der Waals surface area contributed by atoms with Crippen LogP contribution in [0.3, 0.4) is 0 Å². The number of alkyl halides is 1. The van der Waals surface area contributed by atoms with Gasteiger partial charge in [0.1, 0.15) is 5.82 Å². The average molecular weight is 359 g/mol. The van der Waals surface area contributed by atoms with Gasteiger partial charge in [-0.05, 0) is 31.7 Å². The van der Waals surface area contributed by atoms with Crippen molar-refractivity contribution in [2.45, 2.75) is 31.7 Å². The van der Waals surface area contributed by atoms with Gasteiger partial charge in [0.05, 0.1) is 11.0 Å². The summed E-state index contributed by atoms with van der Waals surface area (Å²) in [6.45, 7) is 0.612. The number of halogens is 2. The van der Waals surface area contributed by atoms with Gasteiger partial charge in [-0.2, -0.15) is 0 Å². The highest BCUT2D eigenvalue weighted by Gasteiger charge is 2.28. The first-order valence-electron chi connectivity index (χ1n) is 6.85. The number of hydrogen-bond donors (Lipinski definition) is 0. The van der Waals surface area contributed by atoms with Crippen LogP contribution in [0.1, 0.15) is 36.0 Å². The van der Waals surface area contributed by atoms with Crippen LogP contribution in [0.25, 0.3) is 0 Å². The third-order valence-corrected chi connectivity index (χ3v) is 4.13. The molecule has 1 amide bonds. The van der Waals surface area contributed by atoms with Crippen molar-refractivity contribution in [1.82, 2.24) is 4.90 Å². The van der Waals surface area contributed by atoms with E-state index in [9.17, 15) is 19.3 Å². The summed E-state index contributed by atoms with van der Waals surface area (Å²) >= 11 is 3.37. The molecule has 0 aliphatic carbocycles. The van der Waals surface area contributed by atoms with E-state index in [1.165, 1.54) is 0 Å². The summed E-state index contributed by atoms with van der Waals surface area (Å²) in [6, 6.07) is 3.14. The van der Waals surface area contributed by atoms with Gasteiger partial charge >= 0.3 is 0 Å². The first-order chi connectivity index (χ1) is 10.0. The molecule has 5 nitrogen and oxygen atoms in total. The summed E-state index contributed by atoms with van der Waals surface area (Å²) < 4.78 is 13.5. The monoisotopic (exact) mass is 358 g/mol. The van der Waals surface area contributed by atoms with Crippen molar-refractivity contribution >= 4 is 27.5 Å². The van der Waals surface area contributed by atoms with Gasteiger partial charge in [0.15, 0.2) is 0 Å². The topological polar surface area (TPSA) is 63.4 Å². The fourth-order valence-electron chi connectivity index (χ4n) is 2.66. The van der Waals surface area contributed by atoms with Crippen LogP contribution in [0.2, 0.25) is 0 Å². The normalized spacial score (nSPS) is 18.6. The number of carbonyl (C=O) groups is 1. The Labute approximate surface area is 130 Å². The molecule has 1 unspecified atom stereocenters. The van der Waals surface area contributed by atoms with Gasteiger partial charge in [0, 0.05) is 29.5 Å². The Hall–Kier alpha value is -1.50. The largest absolute Gasteiger partial charge is 0.336 e. The Morgan fingerprint density at radius 2 is 2.19 bits per heavy atom. The number of nitro groups is 1. The molecule has 0 N–H and O–H groups in total. The zero-order chi connectivity index (χ0) is 15.4. The fourth-order valence-corrected chi connectivity index (χ4v) is 3.19. The van der Waals surface area contributed by atoms with Crippen LogP contribution in [0.4, 0.5) is 10.1 Å². The standard InChI is InChI=1S/C14H16BrFN2O3/c15-5-4-12-3-1-2-6-17(12)14(19)10-7-11(16)9-13(8-10)18(20)21/h7-9,12H,1-6H2. The second-order valence-electron chi connectivity index (χ2n) is 5.08. The third kappa shape index (κ3) is 3.78. The second-order valence-corrected chi connectivity index (χ2v) is 5.87. The summed E-state index contributed by atoms with van der Waals surface area (Å²) in [7, 11) is 0. The molecule has 1 aromatic rings. The number of non-ortho nitro benzene ring substituents is 1. The molecule has 114 valence electrons. The molecule has 21 heavy (non-hydrogen) atoms. The molecular weight excluding hydrogens is 343 g/mol. The van der Waals surface area contributed by atoms with Crippen molar-refractivity contribution in [1.29, 1.82) is 0 Å². The summed E-state index contributed by atoms with van der Waals surface area (Å²) in [5, 5.41) is 11.6. The molecule has 1 aliphatic heterocycles. The number of nitro benzene ring substituents is 1. The van der Waals surface area contributed by atoms with Crippen LogP contribution in [0.15, 0.2) is 18.2 Å². The lowest BCUT2D eigenvalue weighted by molar-refractivity contribution is -0.385. The molecule has 0 bridgehead atoms. The van der Waals surface area contributed by atoms with E-state index in [1.54, 1.807) is 4.90 Å². The number of rotatable bonds is 4. The summed E-state index contributed by atoms with van der Waals surface area (Å²) in [5.41, 5.74) is -0.351. The van der Waals surface area contributed by atoms with Crippen LogP contribution in [0, 0.1) is 15.9 Å². The van der Waals surface area contributed by atoms with E-state index in [4.69, 9.17) is 0 Å².